The van der Waals surface area contributed by atoms with Gasteiger partial charge in [-0.2, -0.15) is 0 Å². The fourth-order valence-corrected chi connectivity index (χ4v) is 3.32. The number of guanidine groups is 1. The van der Waals surface area contributed by atoms with Gasteiger partial charge < -0.3 is 15.8 Å². The fourth-order valence-electron chi connectivity index (χ4n) is 2.34. The van der Waals surface area contributed by atoms with Gasteiger partial charge in [0, 0.05) is 43.4 Å². The van der Waals surface area contributed by atoms with Crippen LogP contribution in [0.1, 0.15) is 6.42 Å². The van der Waals surface area contributed by atoms with Crippen LogP contribution in [0, 0.1) is 0 Å². The third kappa shape index (κ3) is 7.11. The zero-order valence-electron chi connectivity index (χ0n) is 13.4. The standard InChI is InChI=1S/C16H26N4O2S/c17-16(18-7-4-9-20-10-12-22-13-11-20)19-8-14-23(21)15-5-2-1-3-6-15/h1-3,5-6H,4,7-14H2,(H3,17,18,19). The maximum absolute atomic E-state index is 12.0. The highest BCUT2D eigenvalue weighted by atomic mass is 32.2. The van der Waals surface area contributed by atoms with Crippen molar-refractivity contribution < 1.29 is 8.95 Å². The van der Waals surface area contributed by atoms with E-state index in [9.17, 15) is 4.21 Å². The molecule has 0 aliphatic carbocycles. The van der Waals surface area contributed by atoms with Gasteiger partial charge in [0.25, 0.3) is 0 Å². The van der Waals surface area contributed by atoms with E-state index in [1.54, 1.807) is 0 Å². The van der Waals surface area contributed by atoms with Crippen LogP contribution in [0.4, 0.5) is 0 Å². The predicted octanol–water partition coefficient (Wildman–Crippen LogP) is 0.421. The minimum Gasteiger partial charge on any atom is -0.379 e. The molecule has 6 nitrogen and oxygen atoms in total. The van der Waals surface area contributed by atoms with Crippen LogP contribution in [0.5, 0.6) is 0 Å². The van der Waals surface area contributed by atoms with Crippen LogP contribution in [0.25, 0.3) is 0 Å². The van der Waals surface area contributed by atoms with Crippen LogP contribution in [0.3, 0.4) is 0 Å². The molecular weight excluding hydrogens is 312 g/mol. The van der Waals surface area contributed by atoms with Gasteiger partial charge >= 0.3 is 0 Å². The number of hydrogen-bond donors (Lipinski definition) is 2. The van der Waals surface area contributed by atoms with E-state index in [0.717, 1.165) is 44.2 Å². The van der Waals surface area contributed by atoms with Crippen LogP contribution in [0.2, 0.25) is 0 Å². The second kappa shape index (κ2) is 10.4. The van der Waals surface area contributed by atoms with Gasteiger partial charge in [0.2, 0.25) is 0 Å². The van der Waals surface area contributed by atoms with Crippen molar-refractivity contribution in [3.05, 3.63) is 30.3 Å². The third-order valence-corrected chi connectivity index (χ3v) is 4.99. The summed E-state index contributed by atoms with van der Waals surface area (Å²) in [6.07, 6.45) is 0.984. The molecule has 128 valence electrons. The first-order valence-corrected chi connectivity index (χ1v) is 9.35. The Hall–Kier alpha value is -1.44. The lowest BCUT2D eigenvalue weighted by molar-refractivity contribution is 0.0377. The molecule has 1 fully saturated rings. The normalized spacial score (nSPS) is 17.8. The lowest BCUT2D eigenvalue weighted by atomic mass is 10.3. The van der Waals surface area contributed by atoms with E-state index in [2.05, 4.69) is 15.2 Å². The summed E-state index contributed by atoms with van der Waals surface area (Å²) in [6.45, 7) is 5.94. The van der Waals surface area contributed by atoms with Crippen LogP contribution in [-0.2, 0) is 15.5 Å². The van der Waals surface area contributed by atoms with E-state index in [-0.39, 0.29) is 0 Å². The van der Waals surface area contributed by atoms with Crippen molar-refractivity contribution in [3.8, 4) is 0 Å². The van der Waals surface area contributed by atoms with Gasteiger partial charge in [-0.05, 0) is 18.6 Å². The molecule has 1 aromatic carbocycles. The number of rotatable bonds is 8. The van der Waals surface area contributed by atoms with Gasteiger partial charge in [-0.1, -0.05) is 18.2 Å². The number of nitrogens with zero attached hydrogens (tertiary/aromatic N) is 2. The summed E-state index contributed by atoms with van der Waals surface area (Å²) in [7, 11) is -1.00. The highest BCUT2D eigenvalue weighted by molar-refractivity contribution is 7.85. The number of nitrogens with one attached hydrogen (secondary N) is 1. The van der Waals surface area contributed by atoms with Gasteiger partial charge in [-0.25, -0.2) is 0 Å². The average molecular weight is 338 g/mol. The van der Waals surface area contributed by atoms with Gasteiger partial charge in [-0.3, -0.25) is 14.1 Å². The molecule has 1 atom stereocenters. The zero-order chi connectivity index (χ0) is 16.3. The van der Waals surface area contributed by atoms with Gasteiger partial charge in [0.1, 0.15) is 0 Å². The summed E-state index contributed by atoms with van der Waals surface area (Å²) in [6, 6.07) is 9.45. The number of nitrogens with two attached hydrogens (primary N) is 1. The second-order valence-electron chi connectivity index (χ2n) is 5.36. The maximum Gasteiger partial charge on any atom is 0.188 e. The molecule has 23 heavy (non-hydrogen) atoms. The van der Waals surface area contributed by atoms with Crippen molar-refractivity contribution in [1.82, 2.24) is 10.2 Å². The molecule has 0 bridgehead atoms. The lowest BCUT2D eigenvalue weighted by Gasteiger charge is -2.26. The minimum atomic E-state index is -1.00. The van der Waals surface area contributed by atoms with Crippen LogP contribution in [-0.4, -0.2) is 66.8 Å². The summed E-state index contributed by atoms with van der Waals surface area (Å²) in [4.78, 5) is 7.53. The number of aliphatic imine (C=N–C) groups is 1. The number of benzene rings is 1. The predicted molar refractivity (Wildman–Crippen MR) is 94.1 cm³/mol. The molecule has 0 aromatic heterocycles. The van der Waals surface area contributed by atoms with E-state index in [4.69, 9.17) is 10.5 Å². The Kier molecular flexibility index (Phi) is 8.06. The topological polar surface area (TPSA) is 79.9 Å². The largest absolute Gasteiger partial charge is 0.379 e. The highest BCUT2D eigenvalue weighted by Crippen LogP contribution is 2.04. The lowest BCUT2D eigenvalue weighted by Crippen LogP contribution is -2.37. The van der Waals surface area contributed by atoms with Crippen molar-refractivity contribution in [1.29, 1.82) is 0 Å². The molecule has 1 aromatic rings. The smallest absolute Gasteiger partial charge is 0.188 e. The summed E-state index contributed by atoms with van der Waals surface area (Å²) in [5.41, 5.74) is 5.82. The second-order valence-corrected chi connectivity index (χ2v) is 6.93. The molecule has 1 saturated heterocycles. The minimum absolute atomic E-state index is 0.428. The van der Waals surface area contributed by atoms with E-state index in [1.807, 2.05) is 30.3 Å². The van der Waals surface area contributed by atoms with Crippen LogP contribution < -0.4 is 11.1 Å². The van der Waals surface area contributed by atoms with Crippen molar-refractivity contribution >= 4 is 16.8 Å². The average Bonchev–Trinajstić information content (AvgIpc) is 2.60. The number of hydrogen-bond acceptors (Lipinski definition) is 4. The Morgan fingerprint density at radius 3 is 2.78 bits per heavy atom. The summed E-state index contributed by atoms with van der Waals surface area (Å²) < 4.78 is 17.4. The quantitative estimate of drug-likeness (QED) is 0.408. The molecule has 2 rings (SSSR count). The molecule has 0 saturated carbocycles. The summed E-state index contributed by atoms with van der Waals surface area (Å²) in [5.74, 6) is 0.950. The third-order valence-electron chi connectivity index (χ3n) is 3.62. The Balaban J connectivity index is 1.56. The first-order valence-electron chi connectivity index (χ1n) is 8.03. The highest BCUT2D eigenvalue weighted by Gasteiger charge is 2.08. The van der Waals surface area contributed by atoms with E-state index < -0.39 is 10.8 Å². The molecule has 1 aliphatic rings. The molecule has 0 radical (unpaired) electrons. The Morgan fingerprint density at radius 1 is 1.30 bits per heavy atom. The molecule has 3 N–H and O–H groups in total. The molecule has 0 amide bonds. The fraction of sp³-hybridized carbons (Fsp3) is 0.562. The van der Waals surface area contributed by atoms with E-state index in [0.29, 0.717) is 24.8 Å². The van der Waals surface area contributed by atoms with Crippen LogP contribution in [0.15, 0.2) is 40.2 Å². The molecule has 0 spiro atoms. The first kappa shape index (κ1) is 17.9. The number of morpholine rings is 1. The summed E-state index contributed by atoms with van der Waals surface area (Å²) >= 11 is 0. The molecule has 1 aliphatic heterocycles. The Labute approximate surface area is 140 Å². The van der Waals surface area contributed by atoms with Crippen LogP contribution >= 0.6 is 0 Å². The van der Waals surface area contributed by atoms with Crippen molar-refractivity contribution in [2.24, 2.45) is 10.7 Å². The van der Waals surface area contributed by atoms with Crippen molar-refractivity contribution in [3.63, 3.8) is 0 Å². The van der Waals surface area contributed by atoms with Gasteiger partial charge in [0.15, 0.2) is 5.96 Å². The Bertz CT molecular complexity index is 504. The van der Waals surface area contributed by atoms with Gasteiger partial charge in [-0.15, -0.1) is 0 Å². The maximum atomic E-state index is 12.0. The molecule has 1 unspecified atom stereocenters. The van der Waals surface area contributed by atoms with E-state index >= 15 is 0 Å². The van der Waals surface area contributed by atoms with E-state index in [1.165, 1.54) is 0 Å². The molecule has 7 heteroatoms. The molecule has 1 heterocycles. The number of ether oxygens (including phenoxy) is 1. The van der Waals surface area contributed by atoms with Gasteiger partial charge in [0.05, 0.1) is 24.0 Å². The first-order chi connectivity index (χ1) is 11.3. The monoisotopic (exact) mass is 338 g/mol. The Morgan fingerprint density at radius 2 is 2.04 bits per heavy atom. The SMILES string of the molecule is NC(=NCCCN1CCOCC1)NCCS(=O)c1ccccc1. The van der Waals surface area contributed by atoms with Crippen molar-refractivity contribution in [2.45, 2.75) is 11.3 Å². The molecular formula is C16H26N4O2S. The summed E-state index contributed by atoms with van der Waals surface area (Å²) in [5, 5.41) is 3.02. The zero-order valence-corrected chi connectivity index (χ0v) is 14.3. The van der Waals surface area contributed by atoms with Crippen molar-refractivity contribution in [2.75, 3.05) is 51.7 Å².